The molecule has 0 saturated heterocycles. The van der Waals surface area contributed by atoms with Gasteiger partial charge in [-0.1, -0.05) is 6.07 Å². The molecule has 0 spiro atoms. The van der Waals surface area contributed by atoms with Gasteiger partial charge in [-0.05, 0) is 56.7 Å². The van der Waals surface area contributed by atoms with Crippen molar-refractivity contribution >= 4 is 16.6 Å². The van der Waals surface area contributed by atoms with Gasteiger partial charge in [-0.3, -0.25) is 4.98 Å². The SMILES string of the molecule is Cc1ccc(C(C)Nc2ccc(C)c3ncccc23)o1. The van der Waals surface area contributed by atoms with Crippen LogP contribution in [0.1, 0.15) is 30.0 Å². The van der Waals surface area contributed by atoms with Gasteiger partial charge in [0.15, 0.2) is 0 Å². The molecule has 20 heavy (non-hydrogen) atoms. The van der Waals surface area contributed by atoms with Crippen molar-refractivity contribution in [3.63, 3.8) is 0 Å². The van der Waals surface area contributed by atoms with E-state index in [1.165, 1.54) is 5.56 Å². The van der Waals surface area contributed by atoms with E-state index < -0.39 is 0 Å². The summed E-state index contributed by atoms with van der Waals surface area (Å²) in [6.45, 7) is 6.14. The number of pyridine rings is 1. The monoisotopic (exact) mass is 266 g/mol. The fourth-order valence-electron chi connectivity index (χ4n) is 2.43. The predicted octanol–water partition coefficient (Wildman–Crippen LogP) is 4.62. The molecule has 3 aromatic rings. The van der Waals surface area contributed by atoms with Crippen molar-refractivity contribution in [3.05, 3.63) is 59.7 Å². The van der Waals surface area contributed by atoms with Gasteiger partial charge in [-0.25, -0.2) is 0 Å². The number of aromatic nitrogens is 1. The second-order valence-corrected chi connectivity index (χ2v) is 5.14. The number of furan rings is 1. The van der Waals surface area contributed by atoms with Crippen molar-refractivity contribution in [3.8, 4) is 0 Å². The van der Waals surface area contributed by atoms with Crippen LogP contribution in [0.25, 0.3) is 10.9 Å². The lowest BCUT2D eigenvalue weighted by Gasteiger charge is -2.15. The average Bonchev–Trinajstić information content (AvgIpc) is 2.89. The highest BCUT2D eigenvalue weighted by molar-refractivity contribution is 5.93. The molecule has 0 bridgehead atoms. The number of benzene rings is 1. The van der Waals surface area contributed by atoms with Crippen LogP contribution >= 0.6 is 0 Å². The molecule has 2 heterocycles. The fourth-order valence-corrected chi connectivity index (χ4v) is 2.43. The van der Waals surface area contributed by atoms with Crippen molar-refractivity contribution in [1.82, 2.24) is 4.98 Å². The van der Waals surface area contributed by atoms with Gasteiger partial charge in [0.25, 0.3) is 0 Å². The van der Waals surface area contributed by atoms with Crippen molar-refractivity contribution in [2.75, 3.05) is 5.32 Å². The summed E-state index contributed by atoms with van der Waals surface area (Å²) < 4.78 is 5.68. The van der Waals surface area contributed by atoms with Gasteiger partial charge in [0, 0.05) is 17.3 Å². The number of nitrogens with one attached hydrogen (secondary N) is 1. The molecule has 0 amide bonds. The van der Waals surface area contributed by atoms with Crippen LogP contribution < -0.4 is 5.32 Å². The third-order valence-electron chi connectivity index (χ3n) is 3.53. The molecule has 3 heteroatoms. The van der Waals surface area contributed by atoms with Crippen LogP contribution in [0.3, 0.4) is 0 Å². The minimum Gasteiger partial charge on any atom is -0.464 e. The van der Waals surface area contributed by atoms with Gasteiger partial charge in [-0.2, -0.15) is 0 Å². The van der Waals surface area contributed by atoms with E-state index in [1.54, 1.807) is 0 Å². The summed E-state index contributed by atoms with van der Waals surface area (Å²) in [5, 5.41) is 4.65. The van der Waals surface area contributed by atoms with Crippen LogP contribution in [0.5, 0.6) is 0 Å². The molecule has 1 unspecified atom stereocenters. The van der Waals surface area contributed by atoms with E-state index in [0.717, 1.165) is 28.1 Å². The molecule has 0 aliphatic carbocycles. The second-order valence-electron chi connectivity index (χ2n) is 5.14. The number of hydrogen-bond acceptors (Lipinski definition) is 3. The first-order chi connectivity index (χ1) is 9.65. The molecule has 1 atom stereocenters. The zero-order valence-corrected chi connectivity index (χ0v) is 12.0. The molecule has 1 aromatic carbocycles. The molecule has 3 nitrogen and oxygen atoms in total. The van der Waals surface area contributed by atoms with Crippen molar-refractivity contribution in [2.45, 2.75) is 26.8 Å². The van der Waals surface area contributed by atoms with Gasteiger partial charge >= 0.3 is 0 Å². The quantitative estimate of drug-likeness (QED) is 0.751. The fraction of sp³-hybridized carbons (Fsp3) is 0.235. The topological polar surface area (TPSA) is 38.1 Å². The first-order valence-electron chi connectivity index (χ1n) is 6.82. The highest BCUT2D eigenvalue weighted by atomic mass is 16.3. The maximum absolute atomic E-state index is 5.68. The molecule has 0 radical (unpaired) electrons. The summed E-state index contributed by atoms with van der Waals surface area (Å²) in [6, 6.07) is 12.4. The van der Waals surface area contributed by atoms with Crippen LogP contribution in [0.15, 0.2) is 47.0 Å². The van der Waals surface area contributed by atoms with Crippen molar-refractivity contribution in [2.24, 2.45) is 0 Å². The molecule has 0 fully saturated rings. The Bertz CT molecular complexity index is 746. The zero-order chi connectivity index (χ0) is 14.1. The summed E-state index contributed by atoms with van der Waals surface area (Å²) in [4.78, 5) is 4.46. The van der Waals surface area contributed by atoms with E-state index in [4.69, 9.17) is 4.42 Å². The first kappa shape index (κ1) is 12.7. The van der Waals surface area contributed by atoms with Crippen molar-refractivity contribution in [1.29, 1.82) is 0 Å². The van der Waals surface area contributed by atoms with Crippen LogP contribution in [0.2, 0.25) is 0 Å². The predicted molar refractivity (Wildman–Crippen MR) is 82.0 cm³/mol. The third kappa shape index (κ3) is 2.27. The molecule has 3 rings (SSSR count). The largest absolute Gasteiger partial charge is 0.464 e. The first-order valence-corrected chi connectivity index (χ1v) is 6.82. The Kier molecular flexibility index (Phi) is 3.18. The van der Waals surface area contributed by atoms with E-state index in [0.29, 0.717) is 0 Å². The van der Waals surface area contributed by atoms with E-state index in [2.05, 4.69) is 42.3 Å². The minimum absolute atomic E-state index is 0.120. The number of hydrogen-bond donors (Lipinski definition) is 1. The summed E-state index contributed by atoms with van der Waals surface area (Å²) in [6.07, 6.45) is 1.83. The van der Waals surface area contributed by atoms with Gasteiger partial charge in [0.05, 0.1) is 11.6 Å². The molecule has 0 aliphatic heterocycles. The third-order valence-corrected chi connectivity index (χ3v) is 3.53. The lowest BCUT2D eigenvalue weighted by atomic mass is 10.1. The van der Waals surface area contributed by atoms with Crippen LogP contribution in [-0.4, -0.2) is 4.98 Å². The van der Waals surface area contributed by atoms with Gasteiger partial charge in [0.2, 0.25) is 0 Å². The average molecular weight is 266 g/mol. The minimum atomic E-state index is 0.120. The van der Waals surface area contributed by atoms with E-state index >= 15 is 0 Å². The molecule has 2 aromatic heterocycles. The summed E-state index contributed by atoms with van der Waals surface area (Å²) >= 11 is 0. The van der Waals surface area contributed by atoms with Crippen LogP contribution in [0.4, 0.5) is 5.69 Å². The van der Waals surface area contributed by atoms with Crippen LogP contribution in [0, 0.1) is 13.8 Å². The normalized spacial score (nSPS) is 12.6. The Morgan fingerprint density at radius 2 is 1.95 bits per heavy atom. The standard InChI is InChI=1S/C17H18N2O/c1-11-6-8-15(14-5-4-10-18-17(11)14)19-13(3)16-9-7-12(2)20-16/h4-10,13,19H,1-3H3. The molecular formula is C17H18N2O. The number of rotatable bonds is 3. The highest BCUT2D eigenvalue weighted by Gasteiger charge is 2.11. The number of nitrogens with zero attached hydrogens (tertiary/aromatic N) is 1. The maximum atomic E-state index is 5.68. The Hall–Kier alpha value is -2.29. The molecule has 0 saturated carbocycles. The molecular weight excluding hydrogens is 248 g/mol. The molecule has 102 valence electrons. The van der Waals surface area contributed by atoms with Gasteiger partial charge in [-0.15, -0.1) is 0 Å². The van der Waals surface area contributed by atoms with Gasteiger partial charge in [0.1, 0.15) is 11.5 Å². The molecule has 0 aliphatic rings. The summed E-state index contributed by atoms with van der Waals surface area (Å²) in [5.41, 5.74) is 3.31. The lowest BCUT2D eigenvalue weighted by molar-refractivity contribution is 0.467. The van der Waals surface area contributed by atoms with Gasteiger partial charge < -0.3 is 9.73 Å². The molecule has 1 N–H and O–H groups in total. The Morgan fingerprint density at radius 3 is 2.70 bits per heavy atom. The van der Waals surface area contributed by atoms with E-state index in [1.807, 2.05) is 31.3 Å². The maximum Gasteiger partial charge on any atom is 0.126 e. The van der Waals surface area contributed by atoms with E-state index in [-0.39, 0.29) is 6.04 Å². The second kappa shape index (κ2) is 5.00. The number of fused-ring (bicyclic) bond motifs is 1. The van der Waals surface area contributed by atoms with Crippen LogP contribution in [-0.2, 0) is 0 Å². The summed E-state index contributed by atoms with van der Waals surface area (Å²) in [5.74, 6) is 1.88. The zero-order valence-electron chi connectivity index (χ0n) is 12.0. The Morgan fingerprint density at radius 1 is 1.10 bits per heavy atom. The number of aryl methyl sites for hydroxylation is 2. The Balaban J connectivity index is 1.97. The van der Waals surface area contributed by atoms with E-state index in [9.17, 15) is 0 Å². The Labute approximate surface area is 118 Å². The van der Waals surface area contributed by atoms with Crippen molar-refractivity contribution < 1.29 is 4.42 Å². The summed E-state index contributed by atoms with van der Waals surface area (Å²) in [7, 11) is 0. The number of anilines is 1. The lowest BCUT2D eigenvalue weighted by Crippen LogP contribution is -2.06. The highest BCUT2D eigenvalue weighted by Crippen LogP contribution is 2.28. The smallest absolute Gasteiger partial charge is 0.126 e.